The van der Waals surface area contributed by atoms with Crippen LogP contribution in [0.3, 0.4) is 0 Å². The molecule has 0 unspecified atom stereocenters. The minimum atomic E-state index is -3.88. The average molecular weight is 466 g/mol. The molecule has 4 rings (SSSR count). The van der Waals surface area contributed by atoms with E-state index in [-0.39, 0.29) is 10.6 Å². The zero-order chi connectivity index (χ0) is 21.3. The summed E-state index contributed by atoms with van der Waals surface area (Å²) < 4.78 is 34.4. The van der Waals surface area contributed by atoms with Gasteiger partial charge in [0.15, 0.2) is 5.13 Å². The van der Waals surface area contributed by atoms with Crippen molar-refractivity contribution < 1.29 is 13.2 Å². The Labute approximate surface area is 185 Å². The Hall–Kier alpha value is -1.87. The molecular weight excluding hydrogens is 442 g/mol. The summed E-state index contributed by atoms with van der Waals surface area (Å²) in [5, 5.41) is 0.633. The predicted molar refractivity (Wildman–Crippen MR) is 122 cm³/mol. The second kappa shape index (κ2) is 8.70. The van der Waals surface area contributed by atoms with E-state index in [9.17, 15) is 8.42 Å². The fourth-order valence-corrected chi connectivity index (χ4v) is 6.22. The third-order valence-corrected chi connectivity index (χ3v) is 8.03. The number of anilines is 1. The van der Waals surface area contributed by atoms with Crippen molar-refractivity contribution in [2.45, 2.75) is 31.2 Å². The number of thiazole rings is 1. The second-order valence-electron chi connectivity index (χ2n) is 7.68. The molecule has 1 saturated heterocycles. The summed E-state index contributed by atoms with van der Waals surface area (Å²) in [4.78, 5) is 6.89. The van der Waals surface area contributed by atoms with E-state index < -0.39 is 10.0 Å². The molecule has 6 nitrogen and oxygen atoms in total. The summed E-state index contributed by atoms with van der Waals surface area (Å²) in [5.74, 6) is 1.03. The minimum Gasteiger partial charge on any atom is -0.495 e. The van der Waals surface area contributed by atoms with Crippen molar-refractivity contribution in [1.82, 2.24) is 9.88 Å². The van der Waals surface area contributed by atoms with E-state index in [0.717, 1.165) is 35.8 Å². The van der Waals surface area contributed by atoms with Crippen LogP contribution >= 0.6 is 22.9 Å². The number of fused-ring (bicyclic) bond motifs is 1. The van der Waals surface area contributed by atoms with E-state index in [4.69, 9.17) is 16.3 Å². The van der Waals surface area contributed by atoms with Crippen molar-refractivity contribution in [3.8, 4) is 5.75 Å². The summed E-state index contributed by atoms with van der Waals surface area (Å²) in [6.45, 7) is 5.45. The van der Waals surface area contributed by atoms with Gasteiger partial charge in [-0.05, 0) is 67.7 Å². The third kappa shape index (κ3) is 4.72. The molecule has 1 aliphatic heterocycles. The van der Waals surface area contributed by atoms with E-state index in [0.29, 0.717) is 10.2 Å². The van der Waals surface area contributed by atoms with E-state index in [1.54, 1.807) is 6.07 Å². The first-order valence-electron chi connectivity index (χ1n) is 9.82. The summed E-state index contributed by atoms with van der Waals surface area (Å²) in [6, 6.07) is 10.6. The maximum atomic E-state index is 12.9. The third-order valence-electron chi connectivity index (χ3n) is 5.37. The number of methoxy groups -OCH3 is 1. The van der Waals surface area contributed by atoms with Crippen LogP contribution in [0.15, 0.2) is 41.3 Å². The normalized spacial score (nSPS) is 16.1. The lowest BCUT2D eigenvalue weighted by Gasteiger charge is -2.30. The lowest BCUT2D eigenvalue weighted by molar-refractivity contribution is 0.185. The van der Waals surface area contributed by atoms with Crippen LogP contribution in [0.5, 0.6) is 5.75 Å². The highest BCUT2D eigenvalue weighted by atomic mass is 35.5. The van der Waals surface area contributed by atoms with Crippen LogP contribution < -0.4 is 9.46 Å². The summed E-state index contributed by atoms with van der Waals surface area (Å²) in [6.07, 6.45) is 2.48. The highest BCUT2D eigenvalue weighted by molar-refractivity contribution is 7.93. The topological polar surface area (TPSA) is 71.5 Å². The van der Waals surface area contributed by atoms with Crippen LogP contribution in [0, 0.1) is 5.92 Å². The first kappa shape index (κ1) is 21.4. The lowest BCUT2D eigenvalue weighted by atomic mass is 9.99. The van der Waals surface area contributed by atoms with Crippen LogP contribution in [-0.2, 0) is 16.6 Å². The maximum Gasteiger partial charge on any atom is 0.267 e. The van der Waals surface area contributed by atoms with E-state index in [1.807, 2.05) is 6.07 Å². The Morgan fingerprint density at radius 3 is 2.73 bits per heavy atom. The fourth-order valence-electron chi connectivity index (χ4n) is 3.62. The van der Waals surface area contributed by atoms with Gasteiger partial charge in [-0.25, -0.2) is 13.4 Å². The molecule has 1 fully saturated rings. The average Bonchev–Trinajstić information content (AvgIpc) is 3.10. The quantitative estimate of drug-likeness (QED) is 0.555. The summed E-state index contributed by atoms with van der Waals surface area (Å²) >= 11 is 7.31. The minimum absolute atomic E-state index is 0.0169. The molecule has 0 radical (unpaired) electrons. The van der Waals surface area contributed by atoms with Crippen molar-refractivity contribution >= 4 is 48.3 Å². The first-order chi connectivity index (χ1) is 14.3. The van der Waals surface area contributed by atoms with Crippen molar-refractivity contribution in [3.63, 3.8) is 0 Å². The summed E-state index contributed by atoms with van der Waals surface area (Å²) in [5.41, 5.74) is 1.98. The Bertz CT molecular complexity index is 1160. The highest BCUT2D eigenvalue weighted by Crippen LogP contribution is 2.32. The van der Waals surface area contributed by atoms with Gasteiger partial charge in [0.2, 0.25) is 0 Å². The van der Waals surface area contributed by atoms with Gasteiger partial charge in [-0.15, -0.1) is 0 Å². The largest absolute Gasteiger partial charge is 0.495 e. The zero-order valence-electron chi connectivity index (χ0n) is 16.9. The molecule has 0 amide bonds. The van der Waals surface area contributed by atoms with Crippen LogP contribution in [0.1, 0.15) is 25.3 Å². The Balaban J connectivity index is 1.54. The molecule has 30 heavy (non-hydrogen) atoms. The molecule has 9 heteroatoms. The Morgan fingerprint density at radius 1 is 1.23 bits per heavy atom. The first-order valence-corrected chi connectivity index (χ1v) is 12.5. The number of ether oxygens (including phenoxy) is 1. The maximum absolute atomic E-state index is 12.9. The van der Waals surface area contributed by atoms with Crippen molar-refractivity contribution in [1.29, 1.82) is 0 Å². The molecule has 0 bridgehead atoms. The standard InChI is InChI=1S/C21H24ClN3O3S2/c1-14-7-9-25(10-8-14)13-15-3-5-17-19(11-15)29-21(23-17)24-30(26,27)20-12-16(22)4-6-18(20)28-2/h3-6,11-12,14H,7-10,13H2,1-2H3,(H,23,24). The number of benzene rings is 2. The molecule has 2 aromatic carbocycles. The molecule has 0 saturated carbocycles. The lowest BCUT2D eigenvalue weighted by Crippen LogP contribution is -2.32. The monoisotopic (exact) mass is 465 g/mol. The number of halogens is 1. The molecule has 0 spiro atoms. The van der Waals surface area contributed by atoms with Crippen molar-refractivity contribution in [2.24, 2.45) is 5.92 Å². The SMILES string of the molecule is COc1ccc(Cl)cc1S(=O)(=O)Nc1nc2ccc(CN3CCC(C)CC3)cc2s1. The smallest absolute Gasteiger partial charge is 0.267 e. The molecule has 160 valence electrons. The van der Waals surface area contributed by atoms with Crippen LogP contribution in [0.25, 0.3) is 10.2 Å². The molecule has 3 aromatic rings. The molecular formula is C21H24ClN3O3S2. The van der Waals surface area contributed by atoms with Crippen LogP contribution in [0.4, 0.5) is 5.13 Å². The van der Waals surface area contributed by atoms with Gasteiger partial charge in [-0.2, -0.15) is 0 Å². The number of piperidine rings is 1. The van der Waals surface area contributed by atoms with E-state index in [2.05, 4.69) is 33.7 Å². The van der Waals surface area contributed by atoms with Gasteiger partial charge in [0.05, 0.1) is 17.3 Å². The van der Waals surface area contributed by atoms with E-state index in [1.165, 1.54) is 49.0 Å². The van der Waals surface area contributed by atoms with Crippen LogP contribution in [0.2, 0.25) is 5.02 Å². The van der Waals surface area contributed by atoms with Gasteiger partial charge in [0, 0.05) is 11.6 Å². The van der Waals surface area contributed by atoms with Gasteiger partial charge in [0.1, 0.15) is 10.6 Å². The van der Waals surface area contributed by atoms with Gasteiger partial charge in [-0.1, -0.05) is 35.9 Å². The number of sulfonamides is 1. The Kier molecular flexibility index (Phi) is 6.20. The molecule has 1 N–H and O–H groups in total. The number of aromatic nitrogens is 1. The molecule has 0 aliphatic carbocycles. The van der Waals surface area contributed by atoms with Gasteiger partial charge < -0.3 is 4.74 Å². The number of likely N-dealkylation sites (tertiary alicyclic amines) is 1. The fraction of sp³-hybridized carbons (Fsp3) is 0.381. The van der Waals surface area contributed by atoms with Gasteiger partial charge in [0.25, 0.3) is 10.0 Å². The predicted octanol–water partition coefficient (Wildman–Crippen LogP) is 4.99. The van der Waals surface area contributed by atoms with E-state index >= 15 is 0 Å². The van der Waals surface area contributed by atoms with Gasteiger partial charge >= 0.3 is 0 Å². The highest BCUT2D eigenvalue weighted by Gasteiger charge is 2.22. The summed E-state index contributed by atoms with van der Waals surface area (Å²) in [7, 11) is -2.46. The van der Waals surface area contributed by atoms with Gasteiger partial charge in [-0.3, -0.25) is 9.62 Å². The second-order valence-corrected chi connectivity index (χ2v) is 10.8. The number of rotatable bonds is 6. The van der Waals surface area contributed by atoms with Crippen molar-refractivity contribution in [3.05, 3.63) is 47.0 Å². The number of nitrogens with one attached hydrogen (secondary N) is 1. The number of hydrogen-bond donors (Lipinski definition) is 1. The zero-order valence-corrected chi connectivity index (χ0v) is 19.3. The molecule has 0 atom stereocenters. The van der Waals surface area contributed by atoms with Crippen molar-refractivity contribution in [2.75, 3.05) is 24.9 Å². The molecule has 2 heterocycles. The molecule has 1 aromatic heterocycles. The Morgan fingerprint density at radius 2 is 2.00 bits per heavy atom. The number of hydrogen-bond acceptors (Lipinski definition) is 6. The van der Waals surface area contributed by atoms with Crippen LogP contribution in [-0.4, -0.2) is 38.5 Å². The number of nitrogens with zero attached hydrogens (tertiary/aromatic N) is 2. The molecule has 1 aliphatic rings.